The van der Waals surface area contributed by atoms with Gasteiger partial charge in [0.1, 0.15) is 9.84 Å². The van der Waals surface area contributed by atoms with E-state index in [1.54, 1.807) is 31.2 Å². The predicted molar refractivity (Wildman–Crippen MR) is 73.1 cm³/mol. The summed E-state index contributed by atoms with van der Waals surface area (Å²) in [7, 11) is -2.93. The molecule has 1 aromatic rings. The third-order valence-corrected chi connectivity index (χ3v) is 5.36. The van der Waals surface area contributed by atoms with E-state index in [0.717, 1.165) is 0 Å². The number of aromatic carboxylic acids is 1. The fraction of sp³-hybridized carbons (Fsp3) is 0.417. The summed E-state index contributed by atoms with van der Waals surface area (Å²) < 4.78 is 22.6. The van der Waals surface area contributed by atoms with Crippen LogP contribution in [0.1, 0.15) is 23.7 Å². The number of hydrogen-bond acceptors (Lipinski definition) is 4. The first kappa shape index (κ1) is 15.0. The van der Waals surface area contributed by atoms with Crippen molar-refractivity contribution >= 4 is 27.6 Å². The van der Waals surface area contributed by atoms with E-state index < -0.39 is 15.8 Å². The molecule has 0 bridgehead atoms. The first-order valence-electron chi connectivity index (χ1n) is 5.62. The number of sulfone groups is 1. The molecule has 0 heterocycles. The van der Waals surface area contributed by atoms with Crippen molar-refractivity contribution in [2.75, 3.05) is 17.3 Å². The summed E-state index contributed by atoms with van der Waals surface area (Å²) >= 11 is 1.38. The molecule has 6 heteroatoms. The molecule has 0 spiro atoms. The lowest BCUT2D eigenvalue weighted by Gasteiger charge is -2.05. The Hall–Kier alpha value is -1.01. The number of carbonyl (C=O) groups is 1. The second-order valence-corrected chi connectivity index (χ2v) is 7.35. The molecule has 0 saturated heterocycles. The summed E-state index contributed by atoms with van der Waals surface area (Å²) in [5.41, 5.74) is 0.265. The SMILES string of the molecule is CCS(=O)(=O)CCCSc1ccccc1C(=O)O. The van der Waals surface area contributed by atoms with E-state index in [0.29, 0.717) is 17.1 Å². The van der Waals surface area contributed by atoms with Crippen molar-refractivity contribution in [2.24, 2.45) is 0 Å². The van der Waals surface area contributed by atoms with Crippen molar-refractivity contribution < 1.29 is 18.3 Å². The van der Waals surface area contributed by atoms with E-state index in [2.05, 4.69) is 0 Å². The monoisotopic (exact) mass is 288 g/mol. The minimum absolute atomic E-state index is 0.156. The van der Waals surface area contributed by atoms with Crippen molar-refractivity contribution in [1.82, 2.24) is 0 Å². The molecule has 1 N–H and O–H groups in total. The van der Waals surface area contributed by atoms with Crippen molar-refractivity contribution in [3.63, 3.8) is 0 Å². The minimum atomic E-state index is -2.93. The Morgan fingerprint density at radius 1 is 1.33 bits per heavy atom. The molecule has 18 heavy (non-hydrogen) atoms. The molecule has 0 unspecified atom stereocenters. The first-order valence-corrected chi connectivity index (χ1v) is 8.42. The van der Waals surface area contributed by atoms with E-state index >= 15 is 0 Å². The molecule has 0 aliphatic carbocycles. The van der Waals surface area contributed by atoms with Gasteiger partial charge in [0.2, 0.25) is 0 Å². The topological polar surface area (TPSA) is 71.4 Å². The van der Waals surface area contributed by atoms with Gasteiger partial charge in [-0.2, -0.15) is 0 Å². The largest absolute Gasteiger partial charge is 0.478 e. The van der Waals surface area contributed by atoms with Crippen LogP contribution in [-0.4, -0.2) is 36.8 Å². The Labute approximate surface area is 111 Å². The van der Waals surface area contributed by atoms with E-state index in [1.807, 2.05) is 0 Å². The highest BCUT2D eigenvalue weighted by Crippen LogP contribution is 2.23. The Balaban J connectivity index is 2.52. The number of rotatable bonds is 7. The Morgan fingerprint density at radius 3 is 2.61 bits per heavy atom. The van der Waals surface area contributed by atoms with Crippen LogP contribution in [0.4, 0.5) is 0 Å². The molecule has 0 aliphatic rings. The maximum Gasteiger partial charge on any atom is 0.336 e. The zero-order valence-electron chi connectivity index (χ0n) is 10.1. The van der Waals surface area contributed by atoms with Crippen LogP contribution in [0.25, 0.3) is 0 Å². The summed E-state index contributed by atoms with van der Waals surface area (Å²) in [6, 6.07) is 6.74. The number of carboxylic acid groups (broad SMARTS) is 1. The molecule has 0 radical (unpaired) electrons. The summed E-state index contributed by atoms with van der Waals surface area (Å²) in [6.07, 6.45) is 0.537. The summed E-state index contributed by atoms with van der Waals surface area (Å²) in [5.74, 6) is -0.0437. The molecule has 0 aromatic heterocycles. The normalized spacial score (nSPS) is 11.4. The number of benzene rings is 1. The zero-order chi connectivity index (χ0) is 13.6. The van der Waals surface area contributed by atoms with E-state index in [4.69, 9.17) is 5.11 Å². The molecule has 100 valence electrons. The average molecular weight is 288 g/mol. The number of thioether (sulfide) groups is 1. The van der Waals surface area contributed by atoms with Crippen molar-refractivity contribution in [3.05, 3.63) is 29.8 Å². The highest BCUT2D eigenvalue weighted by molar-refractivity contribution is 7.99. The van der Waals surface area contributed by atoms with Gasteiger partial charge in [0.25, 0.3) is 0 Å². The van der Waals surface area contributed by atoms with Crippen LogP contribution >= 0.6 is 11.8 Å². The van der Waals surface area contributed by atoms with Gasteiger partial charge in [-0.25, -0.2) is 13.2 Å². The highest BCUT2D eigenvalue weighted by Gasteiger charge is 2.10. The Kier molecular flexibility index (Phi) is 5.68. The molecular weight excluding hydrogens is 272 g/mol. The second-order valence-electron chi connectivity index (χ2n) is 3.74. The van der Waals surface area contributed by atoms with Gasteiger partial charge < -0.3 is 5.11 Å². The van der Waals surface area contributed by atoms with Crippen LogP contribution in [0.3, 0.4) is 0 Å². The lowest BCUT2D eigenvalue weighted by molar-refractivity contribution is 0.0693. The van der Waals surface area contributed by atoms with E-state index in [1.165, 1.54) is 11.8 Å². The maximum atomic E-state index is 11.3. The molecule has 0 atom stereocenters. The van der Waals surface area contributed by atoms with Crippen molar-refractivity contribution in [1.29, 1.82) is 0 Å². The molecule has 0 fully saturated rings. The minimum Gasteiger partial charge on any atom is -0.478 e. The average Bonchev–Trinajstić information content (AvgIpc) is 2.35. The Morgan fingerprint density at radius 2 is 2.00 bits per heavy atom. The lowest BCUT2D eigenvalue weighted by Crippen LogP contribution is -2.09. The lowest BCUT2D eigenvalue weighted by atomic mass is 10.2. The van der Waals surface area contributed by atoms with Crippen LogP contribution in [0.2, 0.25) is 0 Å². The van der Waals surface area contributed by atoms with Gasteiger partial charge in [0.15, 0.2) is 0 Å². The molecule has 1 rings (SSSR count). The van der Waals surface area contributed by atoms with Crippen LogP contribution in [0, 0.1) is 0 Å². The third-order valence-electron chi connectivity index (χ3n) is 2.41. The van der Waals surface area contributed by atoms with Gasteiger partial charge in [-0.1, -0.05) is 19.1 Å². The molecule has 0 aliphatic heterocycles. The Bertz CT molecular complexity index is 509. The number of hydrogen-bond donors (Lipinski definition) is 1. The standard InChI is InChI=1S/C12H16O4S2/c1-2-18(15,16)9-5-8-17-11-7-4-3-6-10(11)12(13)14/h3-4,6-7H,2,5,8-9H2,1H3,(H,13,14). The van der Waals surface area contributed by atoms with Gasteiger partial charge >= 0.3 is 5.97 Å². The van der Waals surface area contributed by atoms with Gasteiger partial charge in [-0.3, -0.25) is 0 Å². The first-order chi connectivity index (χ1) is 8.46. The van der Waals surface area contributed by atoms with Crippen LogP contribution < -0.4 is 0 Å². The van der Waals surface area contributed by atoms with Gasteiger partial charge in [-0.15, -0.1) is 11.8 Å². The van der Waals surface area contributed by atoms with Crippen LogP contribution in [-0.2, 0) is 9.84 Å². The van der Waals surface area contributed by atoms with E-state index in [-0.39, 0.29) is 17.1 Å². The zero-order valence-corrected chi connectivity index (χ0v) is 11.8. The predicted octanol–water partition coefficient (Wildman–Crippen LogP) is 2.30. The molecule has 0 saturated carbocycles. The maximum absolute atomic E-state index is 11.3. The van der Waals surface area contributed by atoms with Crippen molar-refractivity contribution in [3.8, 4) is 0 Å². The van der Waals surface area contributed by atoms with Gasteiger partial charge in [0.05, 0.1) is 11.3 Å². The highest BCUT2D eigenvalue weighted by atomic mass is 32.2. The molecule has 4 nitrogen and oxygen atoms in total. The molecule has 0 amide bonds. The summed E-state index contributed by atoms with van der Waals surface area (Å²) in [6.45, 7) is 1.63. The van der Waals surface area contributed by atoms with Crippen LogP contribution in [0.15, 0.2) is 29.2 Å². The third kappa shape index (κ3) is 4.70. The smallest absolute Gasteiger partial charge is 0.336 e. The van der Waals surface area contributed by atoms with E-state index in [9.17, 15) is 13.2 Å². The number of carboxylic acids is 1. The van der Waals surface area contributed by atoms with Crippen molar-refractivity contribution in [2.45, 2.75) is 18.2 Å². The van der Waals surface area contributed by atoms with Crippen LogP contribution in [0.5, 0.6) is 0 Å². The molecular formula is C12H16O4S2. The fourth-order valence-corrected chi connectivity index (χ4v) is 3.42. The summed E-state index contributed by atoms with van der Waals surface area (Å²) in [5, 5.41) is 8.98. The molecule has 1 aromatic carbocycles. The fourth-order valence-electron chi connectivity index (χ4n) is 1.37. The second kappa shape index (κ2) is 6.80. The quantitative estimate of drug-likeness (QED) is 0.615. The van der Waals surface area contributed by atoms with Gasteiger partial charge in [0, 0.05) is 10.6 Å². The summed E-state index contributed by atoms with van der Waals surface area (Å²) in [4.78, 5) is 11.6. The van der Waals surface area contributed by atoms with Gasteiger partial charge in [-0.05, 0) is 24.3 Å².